The Balaban J connectivity index is 1.62. The molecule has 0 atom stereocenters. The number of hydrogen-bond donors (Lipinski definition) is 1. The third-order valence-electron chi connectivity index (χ3n) is 3.87. The van der Waals surface area contributed by atoms with Crippen molar-refractivity contribution in [1.29, 1.82) is 0 Å². The number of rotatable bonds is 4. The Hall–Kier alpha value is -2.61. The van der Waals surface area contributed by atoms with Crippen LogP contribution in [0.15, 0.2) is 47.8 Å². The van der Waals surface area contributed by atoms with Crippen molar-refractivity contribution in [3.8, 4) is 17.0 Å². The zero-order chi connectivity index (χ0) is 19.0. The number of anilines is 1. The molecule has 4 rings (SSSR count). The van der Waals surface area contributed by atoms with Gasteiger partial charge in [-0.25, -0.2) is 4.52 Å². The highest BCUT2D eigenvalue weighted by Gasteiger charge is 2.16. The zero-order valence-electron chi connectivity index (χ0n) is 13.9. The normalized spacial score (nSPS) is 10.9. The number of fused-ring (bicyclic) bond motifs is 1. The predicted octanol–water partition coefficient (Wildman–Crippen LogP) is 5.03. The Morgan fingerprint density at radius 1 is 1.19 bits per heavy atom. The first-order valence-electron chi connectivity index (χ1n) is 7.80. The lowest BCUT2D eigenvalue weighted by molar-refractivity contribution is 0.102. The summed E-state index contributed by atoms with van der Waals surface area (Å²) >= 11 is 13.7. The van der Waals surface area contributed by atoms with Crippen LogP contribution in [0.25, 0.3) is 16.2 Å². The van der Waals surface area contributed by atoms with Crippen LogP contribution in [0.4, 0.5) is 5.95 Å². The number of nitrogens with one attached hydrogen (secondary N) is 1. The molecule has 136 valence electrons. The van der Waals surface area contributed by atoms with Gasteiger partial charge in [-0.2, -0.15) is 4.98 Å². The standard InChI is InChI=1S/C18H12Cl2N4O2S/c1-26-12-5-2-10(3-6-12)16(25)21-17-22-18-24(23-17)15(9-27-18)13-7-4-11(19)8-14(13)20/h2-9H,1H3,(H,21,23,25). The highest BCUT2D eigenvalue weighted by molar-refractivity contribution is 7.15. The maximum absolute atomic E-state index is 12.4. The number of carbonyl (C=O) groups excluding carboxylic acids is 1. The SMILES string of the molecule is COc1ccc(C(=O)Nc2nc3scc(-c4ccc(Cl)cc4Cl)n3n2)cc1. The minimum Gasteiger partial charge on any atom is -0.497 e. The molecular formula is C18H12Cl2N4O2S. The fraction of sp³-hybridized carbons (Fsp3) is 0.0556. The topological polar surface area (TPSA) is 68.5 Å². The molecule has 2 aromatic heterocycles. The molecule has 0 unspecified atom stereocenters. The van der Waals surface area contributed by atoms with Crippen LogP contribution in [0, 0.1) is 0 Å². The molecule has 0 bridgehead atoms. The largest absolute Gasteiger partial charge is 0.497 e. The van der Waals surface area contributed by atoms with Crippen molar-refractivity contribution >= 4 is 51.4 Å². The van der Waals surface area contributed by atoms with Crippen molar-refractivity contribution in [2.24, 2.45) is 0 Å². The van der Waals surface area contributed by atoms with Gasteiger partial charge < -0.3 is 4.74 Å². The maximum Gasteiger partial charge on any atom is 0.258 e. The van der Waals surface area contributed by atoms with Crippen LogP contribution in [-0.4, -0.2) is 27.6 Å². The van der Waals surface area contributed by atoms with Gasteiger partial charge in [0.15, 0.2) is 0 Å². The molecule has 27 heavy (non-hydrogen) atoms. The molecule has 0 aliphatic rings. The zero-order valence-corrected chi connectivity index (χ0v) is 16.3. The fourth-order valence-electron chi connectivity index (χ4n) is 2.53. The Morgan fingerprint density at radius 3 is 2.67 bits per heavy atom. The molecular weight excluding hydrogens is 407 g/mol. The molecule has 6 nitrogen and oxygen atoms in total. The fourth-order valence-corrected chi connectivity index (χ4v) is 3.86. The molecule has 4 aromatic rings. The van der Waals surface area contributed by atoms with Crippen LogP contribution >= 0.6 is 34.5 Å². The smallest absolute Gasteiger partial charge is 0.258 e. The van der Waals surface area contributed by atoms with E-state index >= 15 is 0 Å². The minimum absolute atomic E-state index is 0.217. The molecule has 2 aromatic carbocycles. The van der Waals surface area contributed by atoms with Gasteiger partial charge in [0.2, 0.25) is 4.96 Å². The molecule has 0 saturated heterocycles. The summed E-state index contributed by atoms with van der Waals surface area (Å²) in [5.74, 6) is 0.590. The summed E-state index contributed by atoms with van der Waals surface area (Å²) in [5.41, 5.74) is 2.04. The van der Waals surface area contributed by atoms with E-state index in [1.807, 2.05) is 11.4 Å². The maximum atomic E-state index is 12.4. The predicted molar refractivity (Wildman–Crippen MR) is 107 cm³/mol. The van der Waals surface area contributed by atoms with Crippen molar-refractivity contribution in [2.45, 2.75) is 0 Å². The second-order valence-corrected chi connectivity index (χ2v) is 7.24. The van der Waals surface area contributed by atoms with Gasteiger partial charge in [0, 0.05) is 21.5 Å². The van der Waals surface area contributed by atoms with E-state index in [-0.39, 0.29) is 11.9 Å². The molecule has 9 heteroatoms. The number of carbonyl (C=O) groups is 1. The average molecular weight is 419 g/mol. The molecule has 0 fully saturated rings. The molecule has 2 heterocycles. The third kappa shape index (κ3) is 3.49. The molecule has 1 amide bonds. The number of hydrogen-bond acceptors (Lipinski definition) is 5. The number of aromatic nitrogens is 3. The van der Waals surface area contributed by atoms with Crippen LogP contribution in [0.3, 0.4) is 0 Å². The van der Waals surface area contributed by atoms with E-state index in [4.69, 9.17) is 27.9 Å². The van der Waals surface area contributed by atoms with E-state index < -0.39 is 0 Å². The van der Waals surface area contributed by atoms with Crippen molar-refractivity contribution in [1.82, 2.24) is 14.6 Å². The van der Waals surface area contributed by atoms with Crippen LogP contribution in [0.5, 0.6) is 5.75 Å². The van der Waals surface area contributed by atoms with E-state index in [2.05, 4.69) is 15.4 Å². The Bertz CT molecular complexity index is 1140. The molecule has 1 N–H and O–H groups in total. The van der Waals surface area contributed by atoms with Gasteiger partial charge in [0.25, 0.3) is 11.9 Å². The van der Waals surface area contributed by atoms with Gasteiger partial charge in [-0.05, 0) is 42.5 Å². The highest BCUT2D eigenvalue weighted by atomic mass is 35.5. The summed E-state index contributed by atoms with van der Waals surface area (Å²) in [7, 11) is 1.57. The quantitative estimate of drug-likeness (QED) is 0.504. The number of nitrogens with zero attached hydrogens (tertiary/aromatic N) is 3. The molecule has 0 aliphatic carbocycles. The number of halogens is 2. The van der Waals surface area contributed by atoms with Crippen molar-refractivity contribution in [3.63, 3.8) is 0 Å². The summed E-state index contributed by atoms with van der Waals surface area (Å²) < 4.78 is 6.73. The summed E-state index contributed by atoms with van der Waals surface area (Å²) in [5, 5.41) is 10.1. The number of amides is 1. The minimum atomic E-state index is -0.304. The van der Waals surface area contributed by atoms with E-state index in [0.717, 1.165) is 11.3 Å². The van der Waals surface area contributed by atoms with E-state index in [0.29, 0.717) is 26.3 Å². The van der Waals surface area contributed by atoms with Crippen LogP contribution < -0.4 is 10.1 Å². The number of methoxy groups -OCH3 is 1. The summed E-state index contributed by atoms with van der Waals surface area (Å²) in [6, 6.07) is 12.0. The Labute approximate surface area is 168 Å². The highest BCUT2D eigenvalue weighted by Crippen LogP contribution is 2.33. The number of ether oxygens (including phenoxy) is 1. The van der Waals surface area contributed by atoms with Crippen molar-refractivity contribution in [3.05, 3.63) is 63.5 Å². The first-order valence-corrected chi connectivity index (χ1v) is 9.44. The average Bonchev–Trinajstić information content (AvgIpc) is 3.22. The molecule has 0 saturated carbocycles. The molecule has 0 radical (unpaired) electrons. The second-order valence-electron chi connectivity index (χ2n) is 5.56. The van der Waals surface area contributed by atoms with Crippen LogP contribution in [0.2, 0.25) is 10.0 Å². The van der Waals surface area contributed by atoms with E-state index in [9.17, 15) is 4.79 Å². The van der Waals surface area contributed by atoms with Gasteiger partial charge in [-0.1, -0.05) is 23.2 Å². The first-order chi connectivity index (χ1) is 13.0. The van der Waals surface area contributed by atoms with Gasteiger partial charge in [-0.3, -0.25) is 10.1 Å². The van der Waals surface area contributed by atoms with Gasteiger partial charge in [0.1, 0.15) is 5.75 Å². The summed E-state index contributed by atoms with van der Waals surface area (Å²) in [4.78, 5) is 17.4. The summed E-state index contributed by atoms with van der Waals surface area (Å²) in [6.07, 6.45) is 0. The van der Waals surface area contributed by atoms with Crippen LogP contribution in [-0.2, 0) is 0 Å². The lowest BCUT2D eigenvalue weighted by Gasteiger charge is -2.03. The summed E-state index contributed by atoms with van der Waals surface area (Å²) in [6.45, 7) is 0. The second kappa shape index (κ2) is 7.19. The lowest BCUT2D eigenvalue weighted by Crippen LogP contribution is -2.13. The van der Waals surface area contributed by atoms with E-state index in [1.54, 1.807) is 48.0 Å². The van der Waals surface area contributed by atoms with Crippen molar-refractivity contribution in [2.75, 3.05) is 12.4 Å². The van der Waals surface area contributed by atoms with Crippen LogP contribution in [0.1, 0.15) is 10.4 Å². The van der Waals surface area contributed by atoms with Crippen molar-refractivity contribution < 1.29 is 9.53 Å². The molecule has 0 aliphatic heterocycles. The lowest BCUT2D eigenvalue weighted by atomic mass is 10.2. The van der Waals surface area contributed by atoms with Gasteiger partial charge >= 0.3 is 0 Å². The Morgan fingerprint density at radius 2 is 1.96 bits per heavy atom. The Kier molecular flexibility index (Phi) is 4.73. The third-order valence-corrected chi connectivity index (χ3v) is 5.23. The number of thiazole rings is 1. The van der Waals surface area contributed by atoms with E-state index in [1.165, 1.54) is 11.3 Å². The van der Waals surface area contributed by atoms with Gasteiger partial charge in [-0.15, -0.1) is 16.4 Å². The number of benzene rings is 2. The monoisotopic (exact) mass is 418 g/mol. The van der Waals surface area contributed by atoms with Gasteiger partial charge in [0.05, 0.1) is 17.8 Å². The first kappa shape index (κ1) is 17.8. The molecule has 0 spiro atoms.